The highest BCUT2D eigenvalue weighted by Gasteiger charge is 2.50. The Labute approximate surface area is 185 Å². The van der Waals surface area contributed by atoms with E-state index in [1.165, 1.54) is 0 Å². The maximum Gasteiger partial charge on any atom is 0.233 e. The van der Waals surface area contributed by atoms with Crippen molar-refractivity contribution in [3.05, 3.63) is 65.7 Å². The predicted molar refractivity (Wildman–Crippen MR) is 120 cm³/mol. The molecule has 0 aliphatic carbocycles. The largest absolute Gasteiger partial charge is 0.493 e. The highest BCUT2D eigenvalue weighted by atomic mass is 79.9. The van der Waals surface area contributed by atoms with E-state index in [1.807, 2.05) is 54.6 Å². The van der Waals surface area contributed by atoms with E-state index in [1.54, 1.807) is 14.2 Å². The quantitative estimate of drug-likeness (QED) is 0.417. The molecule has 1 heterocycles. The van der Waals surface area contributed by atoms with Gasteiger partial charge in [-0.15, -0.1) is 0 Å². The summed E-state index contributed by atoms with van der Waals surface area (Å²) < 4.78 is 19.9. The fraction of sp³-hybridized carbons (Fsp3) is 0.182. The Balaban J connectivity index is 2.03. The molecule has 0 radical (unpaired) electrons. The molecule has 0 spiro atoms. The predicted octanol–water partition coefficient (Wildman–Crippen LogP) is 5.75. The second kappa shape index (κ2) is 7.69. The SMILES string of the molecule is COc1ccc(C2c3ccc4ccccc4c3OC(=NBr)C2(Br)C#N)cc1OC. The number of hydrogen-bond acceptors (Lipinski definition) is 5. The number of alkyl halides is 1. The normalized spacial score (nSPS) is 21.9. The van der Waals surface area contributed by atoms with E-state index in [-0.39, 0.29) is 5.90 Å². The minimum Gasteiger partial charge on any atom is -0.493 e. The van der Waals surface area contributed by atoms with Gasteiger partial charge in [0.25, 0.3) is 0 Å². The van der Waals surface area contributed by atoms with Crippen LogP contribution in [0.1, 0.15) is 17.0 Å². The minimum absolute atomic E-state index is 0.239. The van der Waals surface area contributed by atoms with Gasteiger partial charge in [0.1, 0.15) is 5.75 Å². The molecule has 1 aliphatic rings. The molecule has 0 aromatic heterocycles. The molecule has 2 unspecified atom stereocenters. The van der Waals surface area contributed by atoms with Gasteiger partial charge in [-0.05, 0) is 23.1 Å². The molecular formula is C22H16Br2N2O3. The van der Waals surface area contributed by atoms with Gasteiger partial charge in [0, 0.05) is 10.9 Å². The topological polar surface area (TPSA) is 63.8 Å². The van der Waals surface area contributed by atoms with Gasteiger partial charge in [0.05, 0.1) is 42.4 Å². The molecule has 0 saturated carbocycles. The van der Waals surface area contributed by atoms with Crippen LogP contribution >= 0.6 is 32.1 Å². The fourth-order valence-electron chi connectivity index (χ4n) is 3.74. The van der Waals surface area contributed by atoms with Crippen molar-refractivity contribution in [2.24, 2.45) is 4.02 Å². The van der Waals surface area contributed by atoms with E-state index < -0.39 is 10.2 Å². The third-order valence-corrected chi connectivity index (χ3v) is 6.41. The number of nitriles is 1. The van der Waals surface area contributed by atoms with Gasteiger partial charge < -0.3 is 14.2 Å². The maximum atomic E-state index is 10.1. The van der Waals surface area contributed by atoms with Gasteiger partial charge in [-0.25, -0.2) is 0 Å². The van der Waals surface area contributed by atoms with E-state index in [0.717, 1.165) is 21.9 Å². The molecule has 3 aromatic carbocycles. The van der Waals surface area contributed by atoms with Gasteiger partial charge in [-0.2, -0.15) is 9.28 Å². The molecular weight excluding hydrogens is 500 g/mol. The molecule has 7 heteroatoms. The van der Waals surface area contributed by atoms with Crippen LogP contribution in [0.25, 0.3) is 10.8 Å². The van der Waals surface area contributed by atoms with Crippen LogP contribution in [0.2, 0.25) is 0 Å². The third-order valence-electron chi connectivity index (χ3n) is 5.11. The van der Waals surface area contributed by atoms with Crippen LogP contribution in [-0.4, -0.2) is 24.4 Å². The van der Waals surface area contributed by atoms with Crippen molar-refractivity contribution in [3.8, 4) is 23.3 Å². The number of nitrogens with zero attached hydrogens (tertiary/aromatic N) is 2. The van der Waals surface area contributed by atoms with Crippen molar-refractivity contribution in [1.82, 2.24) is 0 Å². The standard InChI is InChI=1S/C22H16Br2N2O3/c1-27-17-10-8-14(11-18(17)28-2)19-16-9-7-13-5-3-4-6-15(13)20(16)29-21(26-24)22(19,23)12-25/h3-11,19H,1-2H3. The van der Waals surface area contributed by atoms with Crippen LogP contribution in [0.5, 0.6) is 17.2 Å². The van der Waals surface area contributed by atoms with Crippen molar-refractivity contribution in [2.45, 2.75) is 10.2 Å². The summed E-state index contributed by atoms with van der Waals surface area (Å²) >= 11 is 6.75. The molecule has 146 valence electrons. The van der Waals surface area contributed by atoms with Gasteiger partial charge >= 0.3 is 0 Å². The smallest absolute Gasteiger partial charge is 0.233 e. The van der Waals surface area contributed by atoms with Crippen molar-refractivity contribution < 1.29 is 14.2 Å². The Bertz CT molecular complexity index is 1170. The molecule has 0 fully saturated rings. The summed E-state index contributed by atoms with van der Waals surface area (Å²) in [4.78, 5) is 0. The lowest BCUT2D eigenvalue weighted by molar-refractivity contribution is 0.354. The zero-order valence-electron chi connectivity index (χ0n) is 15.6. The number of ether oxygens (including phenoxy) is 3. The first kappa shape index (κ1) is 19.7. The summed E-state index contributed by atoms with van der Waals surface area (Å²) in [6.45, 7) is 0. The van der Waals surface area contributed by atoms with Crippen LogP contribution < -0.4 is 14.2 Å². The molecule has 5 nitrogen and oxygen atoms in total. The van der Waals surface area contributed by atoms with E-state index in [2.05, 4.69) is 42.2 Å². The Morgan fingerprint density at radius 2 is 1.83 bits per heavy atom. The Hall–Kier alpha value is -2.56. The molecule has 2 atom stereocenters. The summed E-state index contributed by atoms with van der Waals surface area (Å²) in [6, 6.07) is 20.0. The van der Waals surface area contributed by atoms with Gasteiger partial charge in [-0.1, -0.05) is 58.4 Å². The molecule has 0 saturated heterocycles. The average Bonchev–Trinajstić information content (AvgIpc) is 2.77. The molecule has 29 heavy (non-hydrogen) atoms. The van der Waals surface area contributed by atoms with Crippen LogP contribution in [0.15, 0.2) is 58.6 Å². The number of benzene rings is 3. The van der Waals surface area contributed by atoms with Crippen molar-refractivity contribution in [1.29, 1.82) is 5.26 Å². The zero-order valence-corrected chi connectivity index (χ0v) is 18.8. The molecule has 4 rings (SSSR count). The summed E-state index contributed by atoms with van der Waals surface area (Å²) in [5, 5.41) is 12.1. The highest BCUT2D eigenvalue weighted by Crippen LogP contribution is 2.52. The molecule has 0 bridgehead atoms. The molecule has 0 amide bonds. The number of halogens is 2. The van der Waals surface area contributed by atoms with Crippen molar-refractivity contribution >= 4 is 48.7 Å². The first-order chi connectivity index (χ1) is 14.1. The second-order valence-corrected chi connectivity index (χ2v) is 8.17. The lowest BCUT2D eigenvalue weighted by atomic mass is 9.78. The first-order valence-corrected chi connectivity index (χ1v) is 10.3. The average molecular weight is 516 g/mol. The van der Waals surface area contributed by atoms with Crippen molar-refractivity contribution in [2.75, 3.05) is 14.2 Å². The van der Waals surface area contributed by atoms with Gasteiger partial charge in [0.2, 0.25) is 5.90 Å². The van der Waals surface area contributed by atoms with Crippen LogP contribution in [-0.2, 0) is 0 Å². The number of fused-ring (bicyclic) bond motifs is 3. The van der Waals surface area contributed by atoms with Crippen molar-refractivity contribution in [3.63, 3.8) is 0 Å². The molecule has 0 N–H and O–H groups in total. The van der Waals surface area contributed by atoms with Gasteiger partial charge in [-0.3, -0.25) is 0 Å². The zero-order chi connectivity index (χ0) is 20.6. The molecule has 3 aromatic rings. The number of methoxy groups -OCH3 is 2. The van der Waals surface area contributed by atoms with Gasteiger partial charge in [0.15, 0.2) is 15.8 Å². The Morgan fingerprint density at radius 1 is 1.07 bits per heavy atom. The van der Waals surface area contributed by atoms with Crippen LogP contribution in [0, 0.1) is 11.3 Å². The van der Waals surface area contributed by atoms with E-state index in [9.17, 15) is 5.26 Å². The number of rotatable bonds is 3. The first-order valence-electron chi connectivity index (χ1n) is 8.78. The molecule has 1 aliphatic heterocycles. The fourth-order valence-corrected chi connectivity index (χ4v) is 5.01. The van der Waals surface area contributed by atoms with Crippen LogP contribution in [0.4, 0.5) is 0 Å². The van der Waals surface area contributed by atoms with E-state index in [0.29, 0.717) is 17.2 Å². The minimum atomic E-state index is -1.20. The lowest BCUT2D eigenvalue weighted by Crippen LogP contribution is -2.44. The second-order valence-electron chi connectivity index (χ2n) is 6.57. The Morgan fingerprint density at radius 3 is 2.52 bits per heavy atom. The highest BCUT2D eigenvalue weighted by molar-refractivity contribution is 9.10. The number of hydrogen-bond donors (Lipinski definition) is 0. The third kappa shape index (κ3) is 3.07. The summed E-state index contributed by atoms with van der Waals surface area (Å²) in [6.07, 6.45) is 0. The lowest BCUT2D eigenvalue weighted by Gasteiger charge is -2.37. The maximum absolute atomic E-state index is 10.1. The Kier molecular flexibility index (Phi) is 5.24. The summed E-state index contributed by atoms with van der Waals surface area (Å²) in [5.41, 5.74) is 1.75. The van der Waals surface area contributed by atoms with E-state index >= 15 is 0 Å². The summed E-state index contributed by atoms with van der Waals surface area (Å²) in [5.74, 6) is 1.74. The van der Waals surface area contributed by atoms with E-state index in [4.69, 9.17) is 14.2 Å². The monoisotopic (exact) mass is 514 g/mol. The summed E-state index contributed by atoms with van der Waals surface area (Å²) in [7, 11) is 3.18. The van der Waals surface area contributed by atoms with Crippen LogP contribution in [0.3, 0.4) is 0 Å².